The Morgan fingerprint density at radius 2 is 1.79 bits per heavy atom. The summed E-state index contributed by atoms with van der Waals surface area (Å²) in [5.41, 5.74) is 1.14. The topological polar surface area (TPSA) is 103 Å². The first kappa shape index (κ1) is 19.4. The van der Waals surface area contributed by atoms with Crippen LogP contribution in [-0.4, -0.2) is 48.7 Å². The number of carbonyl (C=O) groups is 4. The van der Waals surface area contributed by atoms with Gasteiger partial charge in [0.2, 0.25) is 0 Å². The van der Waals surface area contributed by atoms with Crippen molar-refractivity contribution in [3.63, 3.8) is 0 Å². The minimum Gasteiger partial charge on any atom is -0.468 e. The number of rotatable bonds is 5. The molecule has 28 heavy (non-hydrogen) atoms. The molecule has 1 fully saturated rings. The molecule has 0 radical (unpaired) electrons. The van der Waals surface area contributed by atoms with Gasteiger partial charge in [0.25, 0.3) is 11.1 Å². The fraction of sp³-hybridized carbons (Fsp3) is 0.158. The highest BCUT2D eigenvalue weighted by molar-refractivity contribution is 8.18. The molecule has 144 valence electrons. The van der Waals surface area contributed by atoms with E-state index in [0.717, 1.165) is 22.2 Å². The summed E-state index contributed by atoms with van der Waals surface area (Å²) in [6.45, 7) is -0.436. The number of esters is 2. The van der Waals surface area contributed by atoms with Gasteiger partial charge in [-0.3, -0.25) is 19.3 Å². The number of nitrogens with zero attached hydrogens (tertiary/aromatic N) is 1. The first-order valence-electron chi connectivity index (χ1n) is 8.03. The molecule has 1 aromatic heterocycles. The van der Waals surface area contributed by atoms with Crippen LogP contribution in [0.4, 0.5) is 4.79 Å². The summed E-state index contributed by atoms with van der Waals surface area (Å²) < 4.78 is 14.8. The highest BCUT2D eigenvalue weighted by Gasteiger charge is 2.36. The van der Waals surface area contributed by atoms with Crippen LogP contribution in [0.1, 0.15) is 16.1 Å². The van der Waals surface area contributed by atoms with Gasteiger partial charge in [-0.2, -0.15) is 0 Å². The Balaban J connectivity index is 1.77. The summed E-state index contributed by atoms with van der Waals surface area (Å²) in [6, 6.07) is 10.00. The Bertz CT molecular complexity index is 974. The molecule has 0 atom stereocenters. The lowest BCUT2D eigenvalue weighted by atomic mass is 10.1. The van der Waals surface area contributed by atoms with E-state index in [9.17, 15) is 19.2 Å². The average Bonchev–Trinajstić information content (AvgIpc) is 3.27. The summed E-state index contributed by atoms with van der Waals surface area (Å²) in [5, 5.41) is -0.549. The van der Waals surface area contributed by atoms with Gasteiger partial charge in [0.15, 0.2) is 0 Å². The summed E-state index contributed by atoms with van der Waals surface area (Å²) >= 11 is 0.721. The van der Waals surface area contributed by atoms with E-state index in [1.54, 1.807) is 36.4 Å². The lowest BCUT2D eigenvalue weighted by molar-refractivity contribution is -0.143. The molecule has 0 saturated carbocycles. The van der Waals surface area contributed by atoms with Crippen molar-refractivity contribution in [1.29, 1.82) is 0 Å². The Morgan fingerprint density at radius 1 is 1.07 bits per heavy atom. The molecule has 1 aliphatic heterocycles. The van der Waals surface area contributed by atoms with Crippen LogP contribution in [0.15, 0.2) is 45.7 Å². The predicted molar refractivity (Wildman–Crippen MR) is 100 cm³/mol. The number of benzene rings is 1. The van der Waals surface area contributed by atoms with Gasteiger partial charge in [-0.05, 0) is 36.0 Å². The van der Waals surface area contributed by atoms with Gasteiger partial charge < -0.3 is 13.9 Å². The molecule has 0 spiro atoms. The number of amides is 2. The number of furan rings is 1. The van der Waals surface area contributed by atoms with Crippen LogP contribution in [0.25, 0.3) is 17.4 Å². The number of hydrogen-bond donors (Lipinski definition) is 0. The van der Waals surface area contributed by atoms with E-state index in [2.05, 4.69) is 9.47 Å². The van der Waals surface area contributed by atoms with E-state index in [1.807, 2.05) is 0 Å². The summed E-state index contributed by atoms with van der Waals surface area (Å²) in [7, 11) is 2.49. The predicted octanol–water partition coefficient (Wildman–Crippen LogP) is 2.94. The van der Waals surface area contributed by atoms with Crippen LogP contribution in [-0.2, 0) is 19.1 Å². The molecule has 3 rings (SSSR count). The second kappa shape index (κ2) is 8.13. The highest BCUT2D eigenvalue weighted by atomic mass is 32.2. The molecule has 9 heteroatoms. The Hall–Kier alpha value is -3.33. The van der Waals surface area contributed by atoms with Crippen LogP contribution in [0.5, 0.6) is 0 Å². The van der Waals surface area contributed by atoms with Crippen LogP contribution >= 0.6 is 11.8 Å². The van der Waals surface area contributed by atoms with Gasteiger partial charge in [-0.15, -0.1) is 0 Å². The lowest BCUT2D eigenvalue weighted by Crippen LogP contribution is -2.34. The zero-order valence-electron chi connectivity index (χ0n) is 15.0. The first-order valence-corrected chi connectivity index (χ1v) is 8.85. The quantitative estimate of drug-likeness (QED) is 0.556. The van der Waals surface area contributed by atoms with Gasteiger partial charge in [-0.1, -0.05) is 12.1 Å². The van der Waals surface area contributed by atoms with Gasteiger partial charge in [0, 0.05) is 11.6 Å². The first-order chi connectivity index (χ1) is 13.4. The SMILES string of the molecule is COC(=O)CN1C(=O)SC(=Cc2ccc(-c3ccc(C(=O)OC)cc3)o2)C1=O. The molecule has 2 amide bonds. The molecular formula is C19H15NO7S. The molecule has 0 aliphatic carbocycles. The molecule has 8 nitrogen and oxygen atoms in total. The zero-order chi connectivity index (χ0) is 20.3. The van der Waals surface area contributed by atoms with Crippen LogP contribution < -0.4 is 0 Å². The minimum atomic E-state index is -0.681. The van der Waals surface area contributed by atoms with Gasteiger partial charge in [0.05, 0.1) is 24.7 Å². The van der Waals surface area contributed by atoms with E-state index < -0.39 is 29.6 Å². The van der Waals surface area contributed by atoms with Crippen molar-refractivity contribution < 1.29 is 33.1 Å². The summed E-state index contributed by atoms with van der Waals surface area (Å²) in [5.74, 6) is -0.804. The highest BCUT2D eigenvalue weighted by Crippen LogP contribution is 2.33. The minimum absolute atomic E-state index is 0.149. The van der Waals surface area contributed by atoms with E-state index in [-0.39, 0.29) is 4.91 Å². The van der Waals surface area contributed by atoms with Crippen molar-refractivity contribution in [2.45, 2.75) is 0 Å². The van der Waals surface area contributed by atoms with Crippen LogP contribution in [0.3, 0.4) is 0 Å². The summed E-state index contributed by atoms with van der Waals surface area (Å²) in [4.78, 5) is 48.0. The molecule has 0 bridgehead atoms. The molecule has 0 N–H and O–H groups in total. The number of ether oxygens (including phenoxy) is 2. The van der Waals surface area contributed by atoms with E-state index in [0.29, 0.717) is 17.1 Å². The number of thioether (sulfide) groups is 1. The maximum Gasteiger partial charge on any atom is 0.337 e. The third-order valence-electron chi connectivity index (χ3n) is 3.88. The molecule has 0 unspecified atom stereocenters. The van der Waals surface area contributed by atoms with Crippen molar-refractivity contribution in [2.24, 2.45) is 0 Å². The van der Waals surface area contributed by atoms with Crippen molar-refractivity contribution in [3.05, 3.63) is 52.6 Å². The fourth-order valence-corrected chi connectivity index (χ4v) is 3.25. The largest absolute Gasteiger partial charge is 0.468 e. The molecule has 1 aliphatic rings. The molecule has 1 aromatic carbocycles. The molecule has 2 aromatic rings. The van der Waals surface area contributed by atoms with E-state index in [1.165, 1.54) is 20.3 Å². The molecular weight excluding hydrogens is 386 g/mol. The van der Waals surface area contributed by atoms with E-state index >= 15 is 0 Å². The maximum absolute atomic E-state index is 12.3. The lowest BCUT2D eigenvalue weighted by Gasteiger charge is -2.09. The Kier molecular flexibility index (Phi) is 5.65. The standard InChI is InChI=1S/C19H15NO7S/c1-25-16(21)10-20-17(22)15(28-19(20)24)9-13-7-8-14(27-13)11-3-5-12(6-4-11)18(23)26-2/h3-9H,10H2,1-2H3. The van der Waals surface area contributed by atoms with E-state index in [4.69, 9.17) is 4.42 Å². The monoisotopic (exact) mass is 401 g/mol. The number of hydrogen-bond acceptors (Lipinski definition) is 8. The van der Waals surface area contributed by atoms with Gasteiger partial charge >= 0.3 is 11.9 Å². The Morgan fingerprint density at radius 3 is 2.43 bits per heavy atom. The van der Waals surface area contributed by atoms with Crippen molar-refractivity contribution in [3.8, 4) is 11.3 Å². The fourth-order valence-electron chi connectivity index (χ4n) is 2.43. The third kappa shape index (κ3) is 3.99. The molecule has 2 heterocycles. The second-order valence-corrected chi connectivity index (χ2v) is 6.61. The number of carbonyl (C=O) groups excluding carboxylic acids is 4. The maximum atomic E-state index is 12.3. The van der Waals surface area contributed by atoms with Crippen molar-refractivity contribution in [2.75, 3.05) is 20.8 Å². The average molecular weight is 401 g/mol. The third-order valence-corrected chi connectivity index (χ3v) is 4.79. The number of imide groups is 1. The van der Waals surface area contributed by atoms with Crippen LogP contribution in [0, 0.1) is 0 Å². The second-order valence-electron chi connectivity index (χ2n) is 5.61. The normalized spacial score (nSPS) is 15.2. The number of methoxy groups -OCH3 is 2. The molecule has 1 saturated heterocycles. The van der Waals surface area contributed by atoms with Crippen LogP contribution in [0.2, 0.25) is 0 Å². The zero-order valence-corrected chi connectivity index (χ0v) is 15.8. The smallest absolute Gasteiger partial charge is 0.337 e. The van der Waals surface area contributed by atoms with Crippen molar-refractivity contribution >= 4 is 40.9 Å². The van der Waals surface area contributed by atoms with Gasteiger partial charge in [0.1, 0.15) is 18.1 Å². The Labute approximate surface area is 164 Å². The van der Waals surface area contributed by atoms with Crippen molar-refractivity contribution in [1.82, 2.24) is 4.90 Å². The summed E-state index contributed by atoms with van der Waals surface area (Å²) in [6.07, 6.45) is 1.44. The van der Waals surface area contributed by atoms with Gasteiger partial charge in [-0.25, -0.2) is 4.79 Å².